The van der Waals surface area contributed by atoms with Gasteiger partial charge in [0.1, 0.15) is 0 Å². The number of halogens is 1. The van der Waals surface area contributed by atoms with Gasteiger partial charge in [0.25, 0.3) is 0 Å². The van der Waals surface area contributed by atoms with Gasteiger partial charge in [-0.15, -0.1) is 24.0 Å². The number of aliphatic imine (C=N–C) groups is 1. The van der Waals surface area contributed by atoms with Crippen molar-refractivity contribution < 1.29 is 4.79 Å². The van der Waals surface area contributed by atoms with Gasteiger partial charge in [-0.1, -0.05) is 43.2 Å². The monoisotopic (exact) mass is 555 g/mol. The van der Waals surface area contributed by atoms with Crippen molar-refractivity contribution in [2.24, 2.45) is 10.9 Å². The zero-order valence-corrected chi connectivity index (χ0v) is 22.1. The van der Waals surface area contributed by atoms with Crippen LogP contribution in [0.2, 0.25) is 0 Å². The molecule has 0 aromatic heterocycles. The quantitative estimate of drug-likeness (QED) is 0.187. The summed E-state index contributed by atoms with van der Waals surface area (Å²) in [5, 5.41) is 10.0. The van der Waals surface area contributed by atoms with E-state index in [2.05, 4.69) is 70.0 Å². The Hall–Kier alpha value is -1.35. The average Bonchev–Trinajstić information content (AvgIpc) is 3.27. The molecule has 0 radical (unpaired) electrons. The van der Waals surface area contributed by atoms with Gasteiger partial charge in [0.2, 0.25) is 5.91 Å². The van der Waals surface area contributed by atoms with Gasteiger partial charge in [0, 0.05) is 44.7 Å². The highest BCUT2D eigenvalue weighted by Crippen LogP contribution is 2.27. The minimum atomic E-state index is 0. The molecule has 32 heavy (non-hydrogen) atoms. The summed E-state index contributed by atoms with van der Waals surface area (Å²) in [6, 6.07) is 11.7. The minimum absolute atomic E-state index is 0. The molecule has 1 aliphatic heterocycles. The van der Waals surface area contributed by atoms with Crippen LogP contribution in [0, 0.1) is 5.92 Å². The van der Waals surface area contributed by atoms with Gasteiger partial charge >= 0.3 is 0 Å². The van der Waals surface area contributed by atoms with Crippen molar-refractivity contribution in [3.05, 3.63) is 35.9 Å². The van der Waals surface area contributed by atoms with E-state index in [9.17, 15) is 4.79 Å². The number of likely N-dealkylation sites (tertiary alicyclic amines) is 1. The maximum absolute atomic E-state index is 12.1. The van der Waals surface area contributed by atoms with Crippen LogP contribution in [0.15, 0.2) is 35.3 Å². The van der Waals surface area contributed by atoms with Crippen LogP contribution in [0.1, 0.15) is 64.4 Å². The van der Waals surface area contributed by atoms with Crippen LogP contribution in [-0.2, 0) is 11.3 Å². The molecule has 1 saturated heterocycles. The Morgan fingerprint density at radius 3 is 2.56 bits per heavy atom. The molecule has 3 rings (SSSR count). The van der Waals surface area contributed by atoms with Crippen LogP contribution in [0.25, 0.3) is 0 Å². The Morgan fingerprint density at radius 1 is 1.12 bits per heavy atom. The Balaban J connectivity index is 0.00000363. The number of carbonyl (C=O) groups excluding carboxylic acids is 1. The van der Waals surface area contributed by atoms with Crippen LogP contribution < -0.4 is 16.0 Å². The molecule has 3 N–H and O–H groups in total. The SMILES string of the molecule is CCNC(=NCCNC(=O)CC1CCCC1)NC1CCN(Cc2ccccc2)C(C)C1.I. The molecule has 0 spiro atoms. The molecule has 2 unspecified atom stereocenters. The van der Waals surface area contributed by atoms with Gasteiger partial charge in [0.05, 0.1) is 6.54 Å². The van der Waals surface area contributed by atoms with Gasteiger partial charge in [-0.2, -0.15) is 0 Å². The van der Waals surface area contributed by atoms with Crippen molar-refractivity contribution in [1.82, 2.24) is 20.9 Å². The van der Waals surface area contributed by atoms with E-state index >= 15 is 0 Å². The first-order chi connectivity index (χ1) is 15.1. The molecule has 1 amide bonds. The zero-order valence-electron chi connectivity index (χ0n) is 19.8. The number of guanidine groups is 1. The second-order valence-corrected chi connectivity index (χ2v) is 9.14. The first-order valence-corrected chi connectivity index (χ1v) is 12.2. The average molecular weight is 556 g/mol. The van der Waals surface area contributed by atoms with Crippen molar-refractivity contribution in [2.45, 2.75) is 77.4 Å². The van der Waals surface area contributed by atoms with Crippen molar-refractivity contribution in [3.8, 4) is 0 Å². The lowest BCUT2D eigenvalue weighted by Crippen LogP contribution is -2.51. The normalized spacial score (nSPS) is 22.2. The van der Waals surface area contributed by atoms with Crippen molar-refractivity contribution in [2.75, 3.05) is 26.2 Å². The first kappa shape index (κ1) is 26.9. The molecular formula is C25H42IN5O. The third-order valence-corrected chi connectivity index (χ3v) is 6.58. The van der Waals surface area contributed by atoms with Crippen molar-refractivity contribution in [1.29, 1.82) is 0 Å². The number of piperidine rings is 1. The fraction of sp³-hybridized carbons (Fsp3) is 0.680. The van der Waals surface area contributed by atoms with Gasteiger partial charge in [-0.25, -0.2) is 0 Å². The highest BCUT2D eigenvalue weighted by atomic mass is 127. The van der Waals surface area contributed by atoms with Gasteiger partial charge in [-0.05, 0) is 51.0 Å². The summed E-state index contributed by atoms with van der Waals surface area (Å²) >= 11 is 0. The summed E-state index contributed by atoms with van der Waals surface area (Å²) in [5.41, 5.74) is 1.38. The van der Waals surface area contributed by atoms with Gasteiger partial charge in [-0.3, -0.25) is 14.7 Å². The number of amides is 1. The number of nitrogens with zero attached hydrogens (tertiary/aromatic N) is 2. The highest BCUT2D eigenvalue weighted by molar-refractivity contribution is 14.0. The largest absolute Gasteiger partial charge is 0.357 e. The summed E-state index contributed by atoms with van der Waals surface area (Å²) in [5.74, 6) is 1.64. The Morgan fingerprint density at radius 2 is 1.88 bits per heavy atom. The fourth-order valence-electron chi connectivity index (χ4n) is 4.83. The lowest BCUT2D eigenvalue weighted by atomic mass is 9.97. The van der Waals surface area contributed by atoms with E-state index in [0.717, 1.165) is 38.4 Å². The zero-order chi connectivity index (χ0) is 21.9. The molecule has 180 valence electrons. The molecule has 1 aromatic carbocycles. The molecule has 1 saturated carbocycles. The highest BCUT2D eigenvalue weighted by Gasteiger charge is 2.26. The van der Waals surface area contributed by atoms with Gasteiger partial charge in [0.15, 0.2) is 5.96 Å². The first-order valence-electron chi connectivity index (χ1n) is 12.2. The molecule has 7 heteroatoms. The third-order valence-electron chi connectivity index (χ3n) is 6.58. The maximum Gasteiger partial charge on any atom is 0.220 e. The number of carbonyl (C=O) groups is 1. The Bertz CT molecular complexity index is 693. The summed E-state index contributed by atoms with van der Waals surface area (Å²) in [4.78, 5) is 19.3. The van der Waals surface area contributed by atoms with E-state index in [1.807, 2.05) is 0 Å². The van der Waals surface area contributed by atoms with Crippen LogP contribution in [0.4, 0.5) is 0 Å². The molecule has 0 bridgehead atoms. The predicted octanol–water partition coefficient (Wildman–Crippen LogP) is 3.91. The summed E-state index contributed by atoms with van der Waals surface area (Å²) in [6.07, 6.45) is 7.88. The molecule has 2 atom stereocenters. The minimum Gasteiger partial charge on any atom is -0.357 e. The lowest BCUT2D eigenvalue weighted by molar-refractivity contribution is -0.121. The molecule has 1 heterocycles. The van der Waals surface area contributed by atoms with Crippen molar-refractivity contribution >= 4 is 35.8 Å². The summed E-state index contributed by atoms with van der Waals surface area (Å²) in [6.45, 7) is 8.56. The smallest absolute Gasteiger partial charge is 0.220 e. The van der Waals surface area contributed by atoms with Crippen LogP contribution in [0.3, 0.4) is 0 Å². The Labute approximate surface area is 211 Å². The van der Waals surface area contributed by atoms with E-state index in [-0.39, 0.29) is 29.9 Å². The van der Waals surface area contributed by atoms with E-state index in [1.165, 1.54) is 31.2 Å². The molecule has 2 fully saturated rings. The fourth-order valence-corrected chi connectivity index (χ4v) is 4.83. The molecular weight excluding hydrogens is 513 g/mol. The molecule has 1 aliphatic carbocycles. The number of rotatable bonds is 9. The standard InChI is InChI=1S/C25H41N5O.HI/c1-3-26-25(28-15-14-27-24(31)18-21-9-7-8-10-21)29-23-13-16-30(20(2)17-23)19-22-11-5-4-6-12-22;/h4-6,11-12,20-21,23H,3,7-10,13-19H2,1-2H3,(H,27,31)(H2,26,28,29);1H. The number of hydrogen-bond donors (Lipinski definition) is 3. The number of hydrogen-bond acceptors (Lipinski definition) is 3. The summed E-state index contributed by atoms with van der Waals surface area (Å²) in [7, 11) is 0. The predicted molar refractivity (Wildman–Crippen MR) is 143 cm³/mol. The second-order valence-electron chi connectivity index (χ2n) is 9.14. The van der Waals surface area contributed by atoms with Crippen LogP contribution in [0.5, 0.6) is 0 Å². The van der Waals surface area contributed by atoms with Crippen LogP contribution in [-0.4, -0.2) is 55.0 Å². The molecule has 6 nitrogen and oxygen atoms in total. The Kier molecular flexibility index (Phi) is 12.4. The van der Waals surface area contributed by atoms with E-state index in [0.29, 0.717) is 37.5 Å². The molecule has 1 aromatic rings. The molecule has 2 aliphatic rings. The second kappa shape index (κ2) is 14.7. The van der Waals surface area contributed by atoms with Crippen molar-refractivity contribution in [3.63, 3.8) is 0 Å². The number of benzene rings is 1. The van der Waals surface area contributed by atoms with Crippen LogP contribution >= 0.6 is 24.0 Å². The summed E-state index contributed by atoms with van der Waals surface area (Å²) < 4.78 is 0. The van der Waals surface area contributed by atoms with Gasteiger partial charge < -0.3 is 16.0 Å². The lowest BCUT2D eigenvalue weighted by Gasteiger charge is -2.38. The van der Waals surface area contributed by atoms with E-state index < -0.39 is 0 Å². The topological polar surface area (TPSA) is 68.8 Å². The van der Waals surface area contributed by atoms with E-state index in [1.54, 1.807) is 0 Å². The maximum atomic E-state index is 12.1. The third kappa shape index (κ3) is 9.25. The van der Waals surface area contributed by atoms with E-state index in [4.69, 9.17) is 0 Å². The number of nitrogens with one attached hydrogen (secondary N) is 3.